The van der Waals surface area contributed by atoms with Crippen LogP contribution in [0.2, 0.25) is 5.02 Å². The van der Waals surface area contributed by atoms with Crippen molar-refractivity contribution in [3.8, 4) is 11.1 Å². The lowest BCUT2D eigenvalue weighted by Crippen LogP contribution is -2.54. The van der Waals surface area contributed by atoms with E-state index in [0.29, 0.717) is 40.3 Å². The average Bonchev–Trinajstić information content (AvgIpc) is 2.88. The summed E-state index contributed by atoms with van der Waals surface area (Å²) in [6.45, 7) is 1.02. The molecule has 6 nitrogen and oxygen atoms in total. The lowest BCUT2D eigenvalue weighted by Gasteiger charge is -2.49. The number of aryl methyl sites for hydroxylation is 1. The Balaban J connectivity index is 1.23. The van der Waals surface area contributed by atoms with E-state index in [1.54, 1.807) is 23.9 Å². The monoisotopic (exact) mass is 499 g/mol. The Labute approximate surface area is 216 Å². The molecule has 36 heavy (non-hydrogen) atoms. The van der Waals surface area contributed by atoms with Gasteiger partial charge in [0.25, 0.3) is 5.56 Å². The van der Waals surface area contributed by atoms with Gasteiger partial charge in [-0.1, -0.05) is 66.6 Å². The van der Waals surface area contributed by atoms with E-state index in [0.717, 1.165) is 30.3 Å². The second-order valence-corrected chi connectivity index (χ2v) is 10.5. The van der Waals surface area contributed by atoms with E-state index in [-0.39, 0.29) is 5.56 Å². The van der Waals surface area contributed by atoms with Crippen molar-refractivity contribution in [3.05, 3.63) is 87.8 Å². The van der Waals surface area contributed by atoms with E-state index in [4.69, 9.17) is 16.6 Å². The smallest absolute Gasteiger partial charge is 0.259 e. The first kappa shape index (κ1) is 23.2. The minimum Gasteiger partial charge on any atom is -0.351 e. The molecular weight excluding hydrogens is 470 g/mol. The van der Waals surface area contributed by atoms with E-state index in [1.165, 1.54) is 24.8 Å². The molecule has 0 spiro atoms. The Hall–Kier alpha value is -3.22. The van der Waals surface area contributed by atoms with Crippen LogP contribution in [0.4, 0.5) is 5.95 Å². The van der Waals surface area contributed by atoms with Crippen LogP contribution in [-0.2, 0) is 13.6 Å². The third kappa shape index (κ3) is 4.40. The molecule has 0 aliphatic carbocycles. The molecule has 2 aromatic heterocycles. The molecule has 2 saturated heterocycles. The topological polar surface area (TPSA) is 63.1 Å². The standard InChI is InChI=1S/C29H30ClN5O/c1-34-27-20(14-25(28(34)36)24-12-5-6-13-26(24)30)17-31-29(33-27)32-21-15-22-10-7-11-23(16-21)35(22)18-19-8-3-2-4-9-19/h2-6,8-9,12-14,17,21-23H,7,10-11,15-16,18H2,1H3,(H,31,32,33). The maximum Gasteiger partial charge on any atom is 0.259 e. The van der Waals surface area contributed by atoms with Gasteiger partial charge in [0.05, 0.1) is 0 Å². The number of hydrogen-bond donors (Lipinski definition) is 1. The largest absolute Gasteiger partial charge is 0.351 e. The lowest BCUT2D eigenvalue weighted by atomic mass is 9.81. The Kier molecular flexibility index (Phi) is 6.23. The molecule has 6 rings (SSSR count). The number of nitrogens with zero attached hydrogens (tertiary/aromatic N) is 4. The molecule has 2 aliphatic rings. The van der Waals surface area contributed by atoms with Crippen molar-refractivity contribution in [2.24, 2.45) is 7.05 Å². The molecule has 1 N–H and O–H groups in total. The van der Waals surface area contributed by atoms with E-state index in [2.05, 4.69) is 45.5 Å². The van der Waals surface area contributed by atoms with Crippen LogP contribution in [0.5, 0.6) is 0 Å². The van der Waals surface area contributed by atoms with Gasteiger partial charge in [0.1, 0.15) is 5.65 Å². The molecule has 184 valence electrons. The van der Waals surface area contributed by atoms with Crippen LogP contribution >= 0.6 is 11.6 Å². The van der Waals surface area contributed by atoms with Crippen molar-refractivity contribution in [2.45, 2.75) is 56.8 Å². The second-order valence-electron chi connectivity index (χ2n) is 10.1. The van der Waals surface area contributed by atoms with Crippen molar-refractivity contribution < 1.29 is 0 Å². The van der Waals surface area contributed by atoms with Gasteiger partial charge in [0, 0.05) is 59.5 Å². The highest BCUT2D eigenvalue weighted by molar-refractivity contribution is 6.33. The molecule has 2 fully saturated rings. The average molecular weight is 500 g/mol. The van der Waals surface area contributed by atoms with Gasteiger partial charge in [-0.2, -0.15) is 4.98 Å². The fraction of sp³-hybridized carbons (Fsp3) is 0.345. The molecule has 2 bridgehead atoms. The van der Waals surface area contributed by atoms with E-state index >= 15 is 0 Å². The molecule has 4 heterocycles. The summed E-state index contributed by atoms with van der Waals surface area (Å²) >= 11 is 6.37. The minimum atomic E-state index is -0.121. The number of halogens is 1. The van der Waals surface area contributed by atoms with E-state index in [9.17, 15) is 4.79 Å². The zero-order valence-corrected chi connectivity index (χ0v) is 21.2. The summed E-state index contributed by atoms with van der Waals surface area (Å²) in [7, 11) is 1.76. The van der Waals surface area contributed by atoms with Gasteiger partial charge in [-0.05, 0) is 43.4 Å². The third-order valence-electron chi connectivity index (χ3n) is 7.78. The number of fused-ring (bicyclic) bond motifs is 3. The van der Waals surface area contributed by atoms with E-state index < -0.39 is 0 Å². The third-order valence-corrected chi connectivity index (χ3v) is 8.11. The zero-order chi connectivity index (χ0) is 24.6. The van der Waals surface area contributed by atoms with Crippen LogP contribution < -0.4 is 10.9 Å². The molecule has 0 radical (unpaired) electrons. The molecule has 2 aromatic carbocycles. The van der Waals surface area contributed by atoms with Gasteiger partial charge < -0.3 is 5.32 Å². The van der Waals surface area contributed by atoms with Gasteiger partial charge in [-0.3, -0.25) is 14.3 Å². The summed E-state index contributed by atoms with van der Waals surface area (Å²) in [5.74, 6) is 0.586. The SMILES string of the molecule is Cn1c(=O)c(-c2ccccc2Cl)cc2cnc(NC3CC4CCCC(C3)N4Cc3ccccc3)nc21. The first-order chi connectivity index (χ1) is 17.6. The van der Waals surface area contributed by atoms with Crippen LogP contribution in [0.25, 0.3) is 22.2 Å². The normalized spacial score (nSPS) is 22.0. The Bertz CT molecular complexity index is 1440. The summed E-state index contributed by atoms with van der Waals surface area (Å²) in [5.41, 5.74) is 3.16. The van der Waals surface area contributed by atoms with Crippen molar-refractivity contribution in [1.29, 1.82) is 0 Å². The number of nitrogens with one attached hydrogen (secondary N) is 1. The maximum atomic E-state index is 13.2. The van der Waals surface area contributed by atoms with Crippen LogP contribution in [-0.4, -0.2) is 37.6 Å². The fourth-order valence-electron chi connectivity index (χ4n) is 6.02. The van der Waals surface area contributed by atoms with Crippen LogP contribution in [0.1, 0.15) is 37.7 Å². The van der Waals surface area contributed by atoms with Crippen molar-refractivity contribution in [1.82, 2.24) is 19.4 Å². The number of aromatic nitrogens is 3. The van der Waals surface area contributed by atoms with Gasteiger partial charge >= 0.3 is 0 Å². The maximum absolute atomic E-state index is 13.2. The first-order valence-corrected chi connectivity index (χ1v) is 13.1. The number of anilines is 1. The van der Waals surface area contributed by atoms with Crippen molar-refractivity contribution in [3.63, 3.8) is 0 Å². The van der Waals surface area contributed by atoms with Crippen molar-refractivity contribution >= 4 is 28.6 Å². The molecule has 2 atom stereocenters. The van der Waals surface area contributed by atoms with Gasteiger partial charge in [-0.25, -0.2) is 4.98 Å². The first-order valence-electron chi connectivity index (χ1n) is 12.7. The molecular formula is C29H30ClN5O. The fourth-order valence-corrected chi connectivity index (χ4v) is 6.26. The molecule has 0 amide bonds. The summed E-state index contributed by atoms with van der Waals surface area (Å²) < 4.78 is 1.60. The molecule has 2 unspecified atom stereocenters. The Morgan fingerprint density at radius 1 is 1.00 bits per heavy atom. The van der Waals surface area contributed by atoms with Gasteiger partial charge in [-0.15, -0.1) is 0 Å². The summed E-state index contributed by atoms with van der Waals surface area (Å²) in [6.07, 6.45) is 7.73. The predicted octanol–water partition coefficient (Wildman–Crippen LogP) is 5.65. The zero-order valence-electron chi connectivity index (χ0n) is 20.4. The van der Waals surface area contributed by atoms with Crippen molar-refractivity contribution in [2.75, 3.05) is 5.32 Å². The van der Waals surface area contributed by atoms with Gasteiger partial charge in [0.15, 0.2) is 0 Å². The lowest BCUT2D eigenvalue weighted by molar-refractivity contribution is 0.0276. The number of pyridine rings is 1. The highest BCUT2D eigenvalue weighted by Gasteiger charge is 2.38. The molecule has 0 saturated carbocycles. The summed E-state index contributed by atoms with van der Waals surface area (Å²) in [5, 5.41) is 4.97. The van der Waals surface area contributed by atoms with Crippen LogP contribution in [0.3, 0.4) is 0 Å². The quantitative estimate of drug-likeness (QED) is 0.384. The van der Waals surface area contributed by atoms with Crippen LogP contribution in [0.15, 0.2) is 71.7 Å². The highest BCUT2D eigenvalue weighted by atomic mass is 35.5. The highest BCUT2D eigenvalue weighted by Crippen LogP contribution is 2.36. The molecule has 2 aliphatic heterocycles. The number of piperidine rings is 2. The summed E-state index contributed by atoms with van der Waals surface area (Å²) in [4.78, 5) is 25.3. The Morgan fingerprint density at radius 2 is 1.72 bits per heavy atom. The Morgan fingerprint density at radius 3 is 2.47 bits per heavy atom. The molecule has 4 aromatic rings. The van der Waals surface area contributed by atoms with E-state index in [1.807, 2.05) is 24.3 Å². The number of benzene rings is 2. The van der Waals surface area contributed by atoms with Gasteiger partial charge in [0.2, 0.25) is 5.95 Å². The van der Waals surface area contributed by atoms with Crippen LogP contribution in [0, 0.1) is 0 Å². The number of rotatable bonds is 5. The minimum absolute atomic E-state index is 0.121. The summed E-state index contributed by atoms with van der Waals surface area (Å²) in [6, 6.07) is 21.5. The second kappa shape index (κ2) is 9.68. The number of hydrogen-bond acceptors (Lipinski definition) is 5. The molecule has 7 heteroatoms. The predicted molar refractivity (Wildman–Crippen MR) is 145 cm³/mol.